The summed E-state index contributed by atoms with van der Waals surface area (Å²) in [5.74, 6) is 1.64. The van der Waals surface area contributed by atoms with Gasteiger partial charge >= 0.3 is 0 Å². The molecular weight excluding hydrogens is 282 g/mol. The summed E-state index contributed by atoms with van der Waals surface area (Å²) >= 11 is 6.05. The van der Waals surface area contributed by atoms with Gasteiger partial charge in [-0.1, -0.05) is 11.6 Å². The van der Waals surface area contributed by atoms with Gasteiger partial charge in [0.15, 0.2) is 0 Å². The van der Waals surface area contributed by atoms with Gasteiger partial charge in [0.25, 0.3) is 0 Å². The summed E-state index contributed by atoms with van der Waals surface area (Å²) in [4.78, 5) is 4.40. The predicted molar refractivity (Wildman–Crippen MR) is 87.6 cm³/mol. The summed E-state index contributed by atoms with van der Waals surface area (Å²) in [6.45, 7) is 0. The number of nitrogens with zero attached hydrogens (tertiary/aromatic N) is 1. The number of pyridine rings is 1. The van der Waals surface area contributed by atoms with E-state index < -0.39 is 0 Å². The third kappa shape index (κ3) is 2.49. The van der Waals surface area contributed by atoms with Crippen molar-refractivity contribution in [2.45, 2.75) is 37.8 Å². The van der Waals surface area contributed by atoms with Gasteiger partial charge in [-0.25, -0.2) is 0 Å². The number of nitrogens with two attached hydrogens (primary N) is 1. The van der Waals surface area contributed by atoms with E-state index in [1.165, 1.54) is 31.4 Å². The highest BCUT2D eigenvalue weighted by molar-refractivity contribution is 6.31. The van der Waals surface area contributed by atoms with Crippen LogP contribution in [-0.2, 0) is 0 Å². The van der Waals surface area contributed by atoms with Crippen molar-refractivity contribution in [3.63, 3.8) is 0 Å². The summed E-state index contributed by atoms with van der Waals surface area (Å²) < 4.78 is 0. The van der Waals surface area contributed by atoms with E-state index in [9.17, 15) is 0 Å². The first-order valence-electron chi connectivity index (χ1n) is 7.75. The first kappa shape index (κ1) is 13.4. The molecule has 2 atom stereocenters. The molecule has 2 aliphatic carbocycles. The molecule has 21 heavy (non-hydrogen) atoms. The third-order valence-electron chi connectivity index (χ3n) is 5.12. The minimum Gasteiger partial charge on any atom is -0.382 e. The van der Waals surface area contributed by atoms with Crippen molar-refractivity contribution in [3.8, 4) is 0 Å². The van der Waals surface area contributed by atoms with Crippen LogP contribution in [0.1, 0.15) is 25.7 Å². The van der Waals surface area contributed by atoms with E-state index >= 15 is 0 Å². The zero-order valence-electron chi connectivity index (χ0n) is 11.9. The predicted octanol–water partition coefficient (Wildman–Crippen LogP) is 3.82. The van der Waals surface area contributed by atoms with Crippen molar-refractivity contribution < 1.29 is 0 Å². The van der Waals surface area contributed by atoms with Gasteiger partial charge in [0, 0.05) is 34.4 Å². The van der Waals surface area contributed by atoms with Crippen LogP contribution in [-0.4, -0.2) is 17.1 Å². The molecule has 0 spiro atoms. The fourth-order valence-electron chi connectivity index (χ4n) is 4.25. The fraction of sp³-hybridized carbons (Fsp3) is 0.471. The molecule has 2 aromatic rings. The number of aromatic nitrogens is 1. The van der Waals surface area contributed by atoms with Gasteiger partial charge in [0.1, 0.15) is 0 Å². The average Bonchev–Trinajstić information content (AvgIpc) is 2.95. The topological polar surface area (TPSA) is 50.9 Å². The van der Waals surface area contributed by atoms with Gasteiger partial charge in [0.05, 0.1) is 5.52 Å². The first-order chi connectivity index (χ1) is 10.2. The van der Waals surface area contributed by atoms with Gasteiger partial charge in [-0.15, -0.1) is 0 Å². The standard InChI is InChI=1S/C17H20ClN3/c18-12-1-2-15-16(3-4-20-17(15)9-12)21-14-7-10-5-13(19)6-11(10)8-14/h1-4,9-11,13-14H,5-8,19H2,(H,20,21). The van der Waals surface area contributed by atoms with E-state index in [1.54, 1.807) is 0 Å². The second-order valence-corrected chi connectivity index (χ2v) is 7.02. The highest BCUT2D eigenvalue weighted by Crippen LogP contribution is 2.44. The summed E-state index contributed by atoms with van der Waals surface area (Å²) in [6, 6.07) is 8.97. The van der Waals surface area contributed by atoms with Crippen LogP contribution in [0, 0.1) is 11.8 Å². The monoisotopic (exact) mass is 301 g/mol. The van der Waals surface area contributed by atoms with E-state index in [-0.39, 0.29) is 0 Å². The Labute approximate surface area is 129 Å². The maximum Gasteiger partial charge on any atom is 0.0737 e. The molecule has 0 saturated heterocycles. The summed E-state index contributed by atoms with van der Waals surface area (Å²) in [6.07, 6.45) is 6.75. The van der Waals surface area contributed by atoms with Gasteiger partial charge in [-0.2, -0.15) is 0 Å². The number of benzene rings is 1. The zero-order valence-corrected chi connectivity index (χ0v) is 12.7. The molecule has 0 aliphatic heterocycles. The van der Waals surface area contributed by atoms with Gasteiger partial charge in [-0.05, 0) is 61.8 Å². The van der Waals surface area contributed by atoms with E-state index in [2.05, 4.69) is 22.4 Å². The van der Waals surface area contributed by atoms with E-state index in [0.29, 0.717) is 12.1 Å². The highest BCUT2D eigenvalue weighted by atomic mass is 35.5. The van der Waals surface area contributed by atoms with E-state index in [1.807, 2.05) is 18.3 Å². The molecule has 0 bridgehead atoms. The second kappa shape index (κ2) is 5.15. The Kier molecular flexibility index (Phi) is 3.27. The highest BCUT2D eigenvalue weighted by Gasteiger charge is 2.40. The summed E-state index contributed by atoms with van der Waals surface area (Å²) in [5, 5.41) is 5.60. The van der Waals surface area contributed by atoms with Crippen molar-refractivity contribution in [3.05, 3.63) is 35.5 Å². The molecule has 0 amide bonds. The first-order valence-corrected chi connectivity index (χ1v) is 8.13. The lowest BCUT2D eigenvalue weighted by Crippen LogP contribution is -2.21. The Hall–Kier alpha value is -1.32. The Morgan fingerprint density at radius 3 is 2.62 bits per heavy atom. The maximum atomic E-state index is 6.07. The largest absolute Gasteiger partial charge is 0.382 e. The van der Waals surface area contributed by atoms with Crippen LogP contribution in [0.15, 0.2) is 30.5 Å². The SMILES string of the molecule is NC1CC2CC(Nc3ccnc4cc(Cl)ccc34)CC2C1. The van der Waals surface area contributed by atoms with E-state index in [4.69, 9.17) is 17.3 Å². The number of hydrogen-bond acceptors (Lipinski definition) is 3. The normalized spacial score (nSPS) is 31.5. The van der Waals surface area contributed by atoms with Crippen molar-refractivity contribution in [1.29, 1.82) is 0 Å². The Morgan fingerprint density at radius 2 is 1.86 bits per heavy atom. The molecule has 2 fully saturated rings. The number of halogens is 1. The second-order valence-electron chi connectivity index (χ2n) is 6.58. The molecule has 2 aliphatic rings. The molecule has 110 valence electrons. The number of anilines is 1. The quantitative estimate of drug-likeness (QED) is 0.886. The molecule has 0 radical (unpaired) electrons. The van der Waals surface area contributed by atoms with Crippen molar-refractivity contribution >= 4 is 28.2 Å². The zero-order chi connectivity index (χ0) is 14.4. The van der Waals surface area contributed by atoms with Crippen LogP contribution >= 0.6 is 11.6 Å². The lowest BCUT2D eigenvalue weighted by molar-refractivity contribution is 0.457. The van der Waals surface area contributed by atoms with Crippen molar-refractivity contribution in [2.75, 3.05) is 5.32 Å². The fourth-order valence-corrected chi connectivity index (χ4v) is 4.41. The Balaban J connectivity index is 1.56. The molecule has 3 N–H and O–H groups in total. The number of fused-ring (bicyclic) bond motifs is 2. The van der Waals surface area contributed by atoms with Crippen LogP contribution in [0.5, 0.6) is 0 Å². The molecule has 1 heterocycles. The van der Waals surface area contributed by atoms with Crippen LogP contribution in [0.25, 0.3) is 10.9 Å². The molecule has 4 rings (SSSR count). The van der Waals surface area contributed by atoms with Gasteiger partial charge in [0.2, 0.25) is 0 Å². The van der Waals surface area contributed by atoms with Gasteiger partial charge in [-0.3, -0.25) is 4.98 Å². The molecule has 2 unspecified atom stereocenters. The molecule has 3 nitrogen and oxygen atoms in total. The number of hydrogen-bond donors (Lipinski definition) is 2. The summed E-state index contributed by atoms with van der Waals surface area (Å²) in [7, 11) is 0. The minimum absolute atomic E-state index is 0.435. The van der Waals surface area contributed by atoms with Crippen LogP contribution < -0.4 is 11.1 Å². The number of rotatable bonds is 2. The van der Waals surface area contributed by atoms with Crippen molar-refractivity contribution in [2.24, 2.45) is 17.6 Å². The van der Waals surface area contributed by atoms with Crippen LogP contribution in [0.3, 0.4) is 0 Å². The third-order valence-corrected chi connectivity index (χ3v) is 5.35. The Bertz CT molecular complexity index is 658. The Morgan fingerprint density at radius 1 is 1.10 bits per heavy atom. The minimum atomic E-state index is 0.435. The van der Waals surface area contributed by atoms with Crippen LogP contribution in [0.2, 0.25) is 5.02 Å². The van der Waals surface area contributed by atoms with E-state index in [0.717, 1.165) is 27.8 Å². The summed E-state index contributed by atoms with van der Waals surface area (Å²) in [5.41, 5.74) is 8.19. The van der Waals surface area contributed by atoms with Crippen LogP contribution in [0.4, 0.5) is 5.69 Å². The molecule has 4 heteroatoms. The van der Waals surface area contributed by atoms with Gasteiger partial charge < -0.3 is 11.1 Å². The molecule has 2 saturated carbocycles. The molecule has 1 aromatic carbocycles. The van der Waals surface area contributed by atoms with Crippen molar-refractivity contribution in [1.82, 2.24) is 4.98 Å². The molecular formula is C17H20ClN3. The number of nitrogens with one attached hydrogen (secondary N) is 1. The molecule has 1 aromatic heterocycles. The average molecular weight is 302 g/mol. The lowest BCUT2D eigenvalue weighted by atomic mass is 10.0. The smallest absolute Gasteiger partial charge is 0.0737 e. The lowest BCUT2D eigenvalue weighted by Gasteiger charge is -2.17. The maximum absolute atomic E-state index is 6.07.